The Kier molecular flexibility index (Phi) is 69.6. The maximum atomic E-state index is 13.1. The highest BCUT2D eigenvalue weighted by molar-refractivity contribution is 7.47. The molecule has 0 amide bonds. The molecule has 0 aromatic rings. The van der Waals surface area contributed by atoms with Crippen LogP contribution in [-0.2, 0) is 65.4 Å². The number of ether oxygens (including phenoxy) is 4. The maximum absolute atomic E-state index is 13.1. The van der Waals surface area contributed by atoms with Crippen molar-refractivity contribution < 1.29 is 80.2 Å². The summed E-state index contributed by atoms with van der Waals surface area (Å²) in [7, 11) is -9.90. The molecule has 0 spiro atoms. The molecular weight excluding hydrogens is 1270 g/mol. The lowest BCUT2D eigenvalue weighted by atomic mass is 10.0. The molecule has 0 aliphatic rings. The molecule has 0 bridgehead atoms. The lowest BCUT2D eigenvalue weighted by molar-refractivity contribution is -0.161. The molecule has 0 radical (unpaired) electrons. The van der Waals surface area contributed by atoms with Crippen LogP contribution in [-0.4, -0.2) is 96.7 Å². The zero-order chi connectivity index (χ0) is 71.2. The van der Waals surface area contributed by atoms with Crippen LogP contribution >= 0.6 is 15.6 Å². The molecule has 0 aliphatic heterocycles. The molecule has 0 aromatic heterocycles. The molecule has 576 valence electrons. The third-order valence-electron chi connectivity index (χ3n) is 18.3. The average molecular weight is 1420 g/mol. The summed E-state index contributed by atoms with van der Waals surface area (Å²) in [5.41, 5.74) is 0. The Morgan fingerprint density at radius 3 is 0.701 bits per heavy atom. The van der Waals surface area contributed by atoms with Gasteiger partial charge in [0.1, 0.15) is 19.3 Å². The van der Waals surface area contributed by atoms with Crippen LogP contribution in [0.25, 0.3) is 0 Å². The SMILES string of the molecule is CCCCCCCCCCCCCCCCCCCCCCCC(=O)OC[C@H](COP(=O)(O)OC[C@@H](O)COP(=O)(O)OC[C@@H](COC(=O)CCCCCCC)OC(=O)CCCCCCCCCC(C)C)OC(=O)CCCCCCCCCCCCCCCCCCCCCCC. The first-order valence-electron chi connectivity index (χ1n) is 40.6. The number of rotatable bonds is 78. The van der Waals surface area contributed by atoms with Gasteiger partial charge < -0.3 is 33.8 Å². The van der Waals surface area contributed by atoms with Crippen molar-refractivity contribution >= 4 is 39.5 Å². The van der Waals surface area contributed by atoms with Gasteiger partial charge in [0.25, 0.3) is 0 Å². The molecule has 0 saturated carbocycles. The van der Waals surface area contributed by atoms with Gasteiger partial charge in [0.05, 0.1) is 26.4 Å². The standard InChI is InChI=1S/C78H152O17P2/c1-6-9-12-15-17-19-21-23-25-27-29-31-33-35-37-39-41-43-47-52-57-62-76(81)89-68-74(95-77(82)63-58-53-48-44-42-40-38-36-34-32-30-28-26-24-22-20-18-16-13-10-7-2)70-93-97(86,87)91-66-72(79)65-90-96(84,85)92-69-73(67-88-75(80)61-56-50-14-11-8-3)94-78(83)64-59-54-49-45-46-51-55-60-71(4)5/h71-74,79H,6-70H2,1-5H3,(H,84,85)(H,86,87)/t72-,73+,74+/m0/s1. The second kappa shape index (κ2) is 71.1. The first-order chi connectivity index (χ1) is 47.0. The Labute approximate surface area is 594 Å². The Morgan fingerprint density at radius 1 is 0.278 bits per heavy atom. The van der Waals surface area contributed by atoms with Gasteiger partial charge in [-0.3, -0.25) is 37.3 Å². The molecule has 0 heterocycles. The number of aliphatic hydroxyl groups is 1. The van der Waals surface area contributed by atoms with Gasteiger partial charge in [0.2, 0.25) is 0 Å². The van der Waals surface area contributed by atoms with E-state index >= 15 is 0 Å². The van der Waals surface area contributed by atoms with E-state index in [2.05, 4.69) is 34.6 Å². The minimum atomic E-state index is -4.96. The van der Waals surface area contributed by atoms with E-state index in [0.29, 0.717) is 31.6 Å². The third-order valence-corrected chi connectivity index (χ3v) is 20.2. The Balaban J connectivity index is 5.08. The first kappa shape index (κ1) is 95.1. The number of hydrogen-bond acceptors (Lipinski definition) is 15. The summed E-state index contributed by atoms with van der Waals surface area (Å²) in [6.45, 7) is 7.13. The highest BCUT2D eigenvalue weighted by Crippen LogP contribution is 2.45. The zero-order valence-corrected chi connectivity index (χ0v) is 65.0. The predicted molar refractivity (Wildman–Crippen MR) is 395 cm³/mol. The molecule has 0 aromatic carbocycles. The summed E-state index contributed by atoms with van der Waals surface area (Å²) in [5, 5.41) is 10.6. The van der Waals surface area contributed by atoms with Gasteiger partial charge >= 0.3 is 39.5 Å². The number of aliphatic hydroxyl groups excluding tert-OH is 1. The molecule has 3 N–H and O–H groups in total. The van der Waals surface area contributed by atoms with E-state index in [0.717, 1.165) is 96.3 Å². The van der Waals surface area contributed by atoms with Gasteiger partial charge in [-0.1, -0.05) is 362 Å². The maximum Gasteiger partial charge on any atom is 0.472 e. The van der Waals surface area contributed by atoms with E-state index in [4.69, 9.17) is 37.0 Å². The van der Waals surface area contributed by atoms with E-state index in [1.807, 2.05) is 0 Å². The Bertz CT molecular complexity index is 1860. The molecule has 17 nitrogen and oxygen atoms in total. The molecule has 0 saturated heterocycles. The number of carbonyl (C=O) groups excluding carboxylic acids is 4. The van der Waals surface area contributed by atoms with E-state index < -0.39 is 97.5 Å². The number of esters is 4. The summed E-state index contributed by atoms with van der Waals surface area (Å²) in [5.74, 6) is -1.43. The van der Waals surface area contributed by atoms with Crippen molar-refractivity contribution in [1.82, 2.24) is 0 Å². The minimum absolute atomic E-state index is 0.103. The molecule has 2 unspecified atom stereocenters. The Hall–Kier alpha value is -1.94. The average Bonchev–Trinajstić information content (AvgIpc) is 3.65. The summed E-state index contributed by atoms with van der Waals surface area (Å²) < 4.78 is 68.3. The quantitative estimate of drug-likeness (QED) is 0.0222. The Morgan fingerprint density at radius 2 is 0.474 bits per heavy atom. The van der Waals surface area contributed by atoms with Crippen molar-refractivity contribution in [3.05, 3.63) is 0 Å². The fourth-order valence-electron chi connectivity index (χ4n) is 12.1. The van der Waals surface area contributed by atoms with Crippen LogP contribution in [0.15, 0.2) is 0 Å². The number of carbonyl (C=O) groups is 4. The number of phosphoric acid groups is 2. The summed E-state index contributed by atoms with van der Waals surface area (Å²) in [4.78, 5) is 72.5. The van der Waals surface area contributed by atoms with Crippen LogP contribution in [0.2, 0.25) is 0 Å². The molecule has 0 aliphatic carbocycles. The molecule has 97 heavy (non-hydrogen) atoms. The van der Waals surface area contributed by atoms with Crippen molar-refractivity contribution in [3.8, 4) is 0 Å². The summed E-state index contributed by atoms with van der Waals surface area (Å²) >= 11 is 0. The second-order valence-corrected chi connectivity index (χ2v) is 31.5. The van der Waals surface area contributed by atoms with Gasteiger partial charge in [0.15, 0.2) is 12.2 Å². The monoisotopic (exact) mass is 1420 g/mol. The topological polar surface area (TPSA) is 237 Å². The lowest BCUT2D eigenvalue weighted by Crippen LogP contribution is -2.30. The first-order valence-corrected chi connectivity index (χ1v) is 43.6. The van der Waals surface area contributed by atoms with Crippen LogP contribution in [0.3, 0.4) is 0 Å². The van der Waals surface area contributed by atoms with Crippen LogP contribution < -0.4 is 0 Å². The van der Waals surface area contributed by atoms with E-state index in [-0.39, 0.29) is 25.7 Å². The molecule has 0 fully saturated rings. The van der Waals surface area contributed by atoms with Gasteiger partial charge in [-0.2, -0.15) is 0 Å². The smallest absolute Gasteiger partial charge is 0.462 e. The van der Waals surface area contributed by atoms with Gasteiger partial charge in [-0.15, -0.1) is 0 Å². The van der Waals surface area contributed by atoms with Crippen molar-refractivity contribution in [3.63, 3.8) is 0 Å². The van der Waals surface area contributed by atoms with Crippen molar-refractivity contribution in [2.24, 2.45) is 5.92 Å². The number of unbranched alkanes of at least 4 members (excludes halogenated alkanes) is 50. The molecular formula is C78H152O17P2. The summed E-state index contributed by atoms with van der Waals surface area (Å²) in [6.07, 6.45) is 62.0. The van der Waals surface area contributed by atoms with Crippen LogP contribution in [0.4, 0.5) is 0 Å². The highest BCUT2D eigenvalue weighted by atomic mass is 31.2. The van der Waals surface area contributed by atoms with Crippen molar-refractivity contribution in [1.29, 1.82) is 0 Å². The van der Waals surface area contributed by atoms with Gasteiger partial charge in [-0.05, 0) is 31.6 Å². The zero-order valence-electron chi connectivity index (χ0n) is 63.2. The van der Waals surface area contributed by atoms with E-state index in [9.17, 15) is 43.2 Å². The van der Waals surface area contributed by atoms with Crippen LogP contribution in [0.1, 0.15) is 413 Å². The van der Waals surface area contributed by atoms with Gasteiger partial charge in [-0.25, -0.2) is 9.13 Å². The molecule has 19 heteroatoms. The van der Waals surface area contributed by atoms with Crippen LogP contribution in [0.5, 0.6) is 0 Å². The molecule has 5 atom stereocenters. The normalized spacial score (nSPS) is 13.9. The highest BCUT2D eigenvalue weighted by Gasteiger charge is 2.30. The van der Waals surface area contributed by atoms with E-state index in [1.54, 1.807) is 0 Å². The minimum Gasteiger partial charge on any atom is -0.462 e. The summed E-state index contributed by atoms with van der Waals surface area (Å²) in [6, 6.07) is 0. The fraction of sp³-hybridized carbons (Fsp3) is 0.949. The number of phosphoric ester groups is 2. The second-order valence-electron chi connectivity index (χ2n) is 28.6. The van der Waals surface area contributed by atoms with Gasteiger partial charge in [0, 0.05) is 25.7 Å². The largest absolute Gasteiger partial charge is 0.472 e. The third kappa shape index (κ3) is 72.2. The van der Waals surface area contributed by atoms with E-state index in [1.165, 1.54) is 231 Å². The van der Waals surface area contributed by atoms with Crippen LogP contribution in [0, 0.1) is 5.92 Å². The molecule has 0 rings (SSSR count). The predicted octanol–water partition coefficient (Wildman–Crippen LogP) is 23.3. The fourth-order valence-corrected chi connectivity index (χ4v) is 13.6. The van der Waals surface area contributed by atoms with Crippen molar-refractivity contribution in [2.75, 3.05) is 39.6 Å². The van der Waals surface area contributed by atoms with Crippen molar-refractivity contribution in [2.45, 2.75) is 432 Å². The number of hydrogen-bond donors (Lipinski definition) is 3. The lowest BCUT2D eigenvalue weighted by Gasteiger charge is -2.21.